The lowest BCUT2D eigenvalue weighted by Gasteiger charge is -2.18. The molecule has 1 unspecified atom stereocenters. The van der Waals surface area contributed by atoms with Gasteiger partial charge in [-0.3, -0.25) is 14.4 Å². The van der Waals surface area contributed by atoms with Crippen LogP contribution in [0.1, 0.15) is 323 Å². The Morgan fingerprint density at radius 2 is 0.514 bits per heavy atom. The lowest BCUT2D eigenvalue weighted by atomic mass is 10.0. The lowest BCUT2D eigenvalue weighted by molar-refractivity contribution is -0.167. The number of carbonyl (C=O) groups excluding carboxylic acids is 3. The first-order valence-electron chi connectivity index (χ1n) is 30.6. The molecule has 0 bridgehead atoms. The van der Waals surface area contributed by atoms with Crippen molar-refractivity contribution in [3.8, 4) is 0 Å². The molecule has 0 N–H and O–H groups in total. The maximum atomic E-state index is 12.9. The Morgan fingerprint density at radius 1 is 0.286 bits per heavy atom. The maximum Gasteiger partial charge on any atom is 0.306 e. The number of rotatable bonds is 56. The summed E-state index contributed by atoms with van der Waals surface area (Å²) in [5, 5.41) is 0. The number of carbonyl (C=O) groups is 3. The third-order valence-corrected chi connectivity index (χ3v) is 13.6. The highest BCUT2D eigenvalue weighted by atomic mass is 16.6. The monoisotopic (exact) mass is 981 g/mol. The quantitative estimate of drug-likeness (QED) is 0.0261. The Kier molecular flexibility index (Phi) is 56.7. The predicted molar refractivity (Wildman–Crippen MR) is 302 cm³/mol. The average Bonchev–Trinajstić information content (AvgIpc) is 3.36. The Labute approximate surface area is 435 Å². The smallest absolute Gasteiger partial charge is 0.306 e. The fraction of sp³-hybridized carbons (Fsp3) is 0.828. The normalized spacial score (nSPS) is 12.3. The Balaban J connectivity index is 4.38. The topological polar surface area (TPSA) is 78.9 Å². The predicted octanol–water partition coefficient (Wildman–Crippen LogP) is 20.6. The van der Waals surface area contributed by atoms with Crippen LogP contribution in [0.4, 0.5) is 0 Å². The van der Waals surface area contributed by atoms with Crippen LogP contribution in [0.3, 0.4) is 0 Å². The van der Waals surface area contributed by atoms with E-state index >= 15 is 0 Å². The minimum atomic E-state index is -0.779. The molecular weight excluding hydrogens is 865 g/mol. The summed E-state index contributed by atoms with van der Waals surface area (Å²) in [5.41, 5.74) is 0. The largest absolute Gasteiger partial charge is 0.462 e. The van der Waals surface area contributed by atoms with Gasteiger partial charge in [0.2, 0.25) is 0 Å². The molecule has 0 amide bonds. The SMILES string of the molecule is CCCCC/C=C\C/C=C\C/C=C\CCCCCCCCC(=O)OCC(COC(=O)CCCCCCCCCCCCCCCCC)OC(=O)CCCCCCCCC/C=C\CCCCCCCCC. The Bertz CT molecular complexity index is 1220. The van der Waals surface area contributed by atoms with Crippen LogP contribution in [0.2, 0.25) is 0 Å². The van der Waals surface area contributed by atoms with Gasteiger partial charge in [0, 0.05) is 19.3 Å². The van der Waals surface area contributed by atoms with Gasteiger partial charge in [0.1, 0.15) is 13.2 Å². The molecular formula is C64H116O6. The van der Waals surface area contributed by atoms with Gasteiger partial charge < -0.3 is 14.2 Å². The van der Waals surface area contributed by atoms with E-state index in [-0.39, 0.29) is 31.1 Å². The molecule has 0 heterocycles. The van der Waals surface area contributed by atoms with Gasteiger partial charge in [0.05, 0.1) is 0 Å². The lowest BCUT2D eigenvalue weighted by Crippen LogP contribution is -2.30. The molecule has 0 radical (unpaired) electrons. The number of hydrogen-bond donors (Lipinski definition) is 0. The fourth-order valence-corrected chi connectivity index (χ4v) is 8.92. The molecule has 6 heteroatoms. The van der Waals surface area contributed by atoms with Crippen molar-refractivity contribution in [3.63, 3.8) is 0 Å². The van der Waals surface area contributed by atoms with E-state index in [1.54, 1.807) is 0 Å². The number of unbranched alkanes of at least 4 members (excludes halogenated alkanes) is 37. The first-order chi connectivity index (χ1) is 34.5. The van der Waals surface area contributed by atoms with Crippen molar-refractivity contribution < 1.29 is 28.6 Å². The van der Waals surface area contributed by atoms with Crippen LogP contribution in [-0.4, -0.2) is 37.2 Å². The number of allylic oxidation sites excluding steroid dienone is 8. The van der Waals surface area contributed by atoms with E-state index in [0.29, 0.717) is 19.3 Å². The molecule has 0 saturated heterocycles. The van der Waals surface area contributed by atoms with Crippen molar-refractivity contribution in [1.82, 2.24) is 0 Å². The molecule has 0 aliphatic rings. The second kappa shape index (κ2) is 58.9. The second-order valence-corrected chi connectivity index (χ2v) is 20.6. The number of esters is 3. The summed E-state index contributed by atoms with van der Waals surface area (Å²) < 4.78 is 16.9. The van der Waals surface area contributed by atoms with Crippen molar-refractivity contribution in [2.45, 2.75) is 329 Å². The number of ether oxygens (including phenoxy) is 3. The van der Waals surface area contributed by atoms with Crippen molar-refractivity contribution in [3.05, 3.63) is 48.6 Å². The van der Waals surface area contributed by atoms with Crippen LogP contribution in [0.15, 0.2) is 48.6 Å². The minimum Gasteiger partial charge on any atom is -0.462 e. The third-order valence-electron chi connectivity index (χ3n) is 13.6. The van der Waals surface area contributed by atoms with E-state index in [2.05, 4.69) is 69.4 Å². The first kappa shape index (κ1) is 67.4. The van der Waals surface area contributed by atoms with Crippen molar-refractivity contribution in [2.75, 3.05) is 13.2 Å². The molecule has 0 fully saturated rings. The van der Waals surface area contributed by atoms with Crippen LogP contribution in [0.5, 0.6) is 0 Å². The van der Waals surface area contributed by atoms with Crippen molar-refractivity contribution in [1.29, 1.82) is 0 Å². The second-order valence-electron chi connectivity index (χ2n) is 20.6. The van der Waals surface area contributed by atoms with E-state index in [1.165, 1.54) is 205 Å². The summed E-state index contributed by atoms with van der Waals surface area (Å²) in [6.45, 7) is 6.64. The van der Waals surface area contributed by atoms with Gasteiger partial charge in [0.15, 0.2) is 6.10 Å². The van der Waals surface area contributed by atoms with Crippen molar-refractivity contribution >= 4 is 17.9 Å². The highest BCUT2D eigenvalue weighted by Crippen LogP contribution is 2.16. The summed E-state index contributed by atoms with van der Waals surface area (Å²) in [5.74, 6) is -0.875. The molecule has 0 aromatic heterocycles. The van der Waals surface area contributed by atoms with Gasteiger partial charge in [-0.2, -0.15) is 0 Å². The minimum absolute atomic E-state index is 0.0757. The molecule has 70 heavy (non-hydrogen) atoms. The molecule has 1 atom stereocenters. The molecule has 0 saturated carbocycles. The van der Waals surface area contributed by atoms with Gasteiger partial charge in [-0.05, 0) is 83.5 Å². The van der Waals surface area contributed by atoms with Crippen LogP contribution < -0.4 is 0 Å². The number of hydrogen-bond acceptors (Lipinski definition) is 6. The maximum absolute atomic E-state index is 12.9. The standard InChI is InChI=1S/C64H116O6/c1-4-7-10-13-16-19-22-25-28-30-32-34-36-39-42-45-48-51-54-57-63(66)69-60-61(59-68-62(65)56-53-50-47-44-41-38-35-27-24-21-18-15-12-9-6-3)70-64(67)58-55-52-49-46-43-40-37-33-31-29-26-23-20-17-14-11-8-5-2/h16,19,25,28-29,31-32,34,61H,4-15,17-18,20-24,26-27,30,33,35-60H2,1-3H3/b19-16-,28-25-,31-29-,34-32-. The zero-order chi connectivity index (χ0) is 50.7. The van der Waals surface area contributed by atoms with Gasteiger partial charge in [0.25, 0.3) is 0 Å². The van der Waals surface area contributed by atoms with E-state index in [0.717, 1.165) is 77.0 Å². The van der Waals surface area contributed by atoms with Gasteiger partial charge in [-0.1, -0.05) is 268 Å². The highest BCUT2D eigenvalue weighted by Gasteiger charge is 2.19. The molecule has 0 aromatic carbocycles. The molecule has 6 nitrogen and oxygen atoms in total. The summed E-state index contributed by atoms with van der Waals surface area (Å²) >= 11 is 0. The average molecular weight is 982 g/mol. The summed E-state index contributed by atoms with van der Waals surface area (Å²) in [7, 11) is 0. The van der Waals surface area contributed by atoms with Crippen LogP contribution in [-0.2, 0) is 28.6 Å². The fourth-order valence-electron chi connectivity index (χ4n) is 8.92. The summed E-state index contributed by atoms with van der Waals surface area (Å²) in [4.78, 5) is 38.2. The molecule has 0 aliphatic carbocycles. The van der Waals surface area contributed by atoms with E-state index in [4.69, 9.17) is 14.2 Å². The molecule has 408 valence electrons. The van der Waals surface area contributed by atoms with Gasteiger partial charge in [-0.25, -0.2) is 0 Å². The third kappa shape index (κ3) is 56.3. The molecule has 0 aliphatic heterocycles. The molecule has 0 aromatic rings. The highest BCUT2D eigenvalue weighted by molar-refractivity contribution is 5.71. The van der Waals surface area contributed by atoms with Crippen LogP contribution in [0, 0.1) is 0 Å². The molecule has 0 spiro atoms. The zero-order valence-electron chi connectivity index (χ0n) is 46.8. The van der Waals surface area contributed by atoms with E-state index in [1.807, 2.05) is 0 Å². The van der Waals surface area contributed by atoms with E-state index in [9.17, 15) is 14.4 Å². The summed E-state index contributed by atoms with van der Waals surface area (Å²) in [6.07, 6.45) is 72.4. The van der Waals surface area contributed by atoms with Crippen LogP contribution in [0.25, 0.3) is 0 Å². The van der Waals surface area contributed by atoms with E-state index < -0.39 is 6.10 Å². The van der Waals surface area contributed by atoms with Crippen LogP contribution >= 0.6 is 0 Å². The summed E-state index contributed by atoms with van der Waals surface area (Å²) in [6, 6.07) is 0. The van der Waals surface area contributed by atoms with Gasteiger partial charge >= 0.3 is 17.9 Å². The Morgan fingerprint density at radius 3 is 0.843 bits per heavy atom. The Hall–Kier alpha value is -2.63. The zero-order valence-corrected chi connectivity index (χ0v) is 46.8. The van der Waals surface area contributed by atoms with Gasteiger partial charge in [-0.15, -0.1) is 0 Å². The first-order valence-corrected chi connectivity index (χ1v) is 30.6. The molecule has 0 rings (SSSR count). The van der Waals surface area contributed by atoms with Crippen molar-refractivity contribution in [2.24, 2.45) is 0 Å².